The van der Waals surface area contributed by atoms with E-state index < -0.39 is 0 Å². The van der Waals surface area contributed by atoms with Crippen molar-refractivity contribution >= 4 is 10.9 Å². The Kier molecular flexibility index (Phi) is 4.61. The fraction of sp³-hybridized carbons (Fsp3) is 0.500. The van der Waals surface area contributed by atoms with Gasteiger partial charge in [0.1, 0.15) is 0 Å². The third-order valence-corrected chi connectivity index (χ3v) is 3.78. The minimum absolute atomic E-state index is 0.193. The molecule has 104 valence electrons. The van der Waals surface area contributed by atoms with Gasteiger partial charge in [0.05, 0.1) is 6.10 Å². The van der Waals surface area contributed by atoms with Gasteiger partial charge in [0, 0.05) is 30.2 Å². The molecule has 1 aromatic carbocycles. The maximum Gasteiger partial charge on any atom is 0.0512 e. The molecular formula is C16H24N2O. The summed E-state index contributed by atoms with van der Waals surface area (Å²) in [5.41, 5.74) is 4.00. The van der Waals surface area contributed by atoms with Gasteiger partial charge in [0.2, 0.25) is 0 Å². The predicted molar refractivity (Wildman–Crippen MR) is 80.3 cm³/mol. The van der Waals surface area contributed by atoms with Crippen molar-refractivity contribution in [3.05, 3.63) is 35.5 Å². The monoisotopic (exact) mass is 260 g/mol. The van der Waals surface area contributed by atoms with Gasteiger partial charge < -0.3 is 15.0 Å². The van der Waals surface area contributed by atoms with Crippen LogP contribution in [0.1, 0.15) is 31.0 Å². The predicted octanol–water partition coefficient (Wildman–Crippen LogP) is 2.74. The largest absolute Gasteiger partial charge is 0.393 e. The summed E-state index contributed by atoms with van der Waals surface area (Å²) >= 11 is 0. The molecule has 2 rings (SSSR count). The Morgan fingerprint density at radius 1 is 1.32 bits per heavy atom. The van der Waals surface area contributed by atoms with Gasteiger partial charge >= 0.3 is 0 Å². The highest BCUT2D eigenvalue weighted by atomic mass is 16.3. The van der Waals surface area contributed by atoms with E-state index in [4.69, 9.17) is 0 Å². The molecule has 0 bridgehead atoms. The number of fused-ring (bicyclic) bond motifs is 1. The van der Waals surface area contributed by atoms with Gasteiger partial charge in [-0.25, -0.2) is 0 Å². The molecule has 0 aliphatic rings. The first kappa shape index (κ1) is 14.1. The van der Waals surface area contributed by atoms with E-state index in [1.165, 1.54) is 22.2 Å². The Morgan fingerprint density at radius 3 is 2.74 bits per heavy atom. The van der Waals surface area contributed by atoms with E-state index in [1.54, 1.807) is 0 Å². The molecule has 1 unspecified atom stereocenters. The normalized spacial score (nSPS) is 13.1. The second kappa shape index (κ2) is 6.22. The van der Waals surface area contributed by atoms with Crippen LogP contribution in [0.15, 0.2) is 24.3 Å². The lowest BCUT2D eigenvalue weighted by molar-refractivity contribution is 0.181. The molecule has 0 saturated heterocycles. The highest BCUT2D eigenvalue weighted by Crippen LogP contribution is 2.24. The Bertz CT molecular complexity index is 504. The number of para-hydroxylation sites is 1. The van der Waals surface area contributed by atoms with E-state index >= 15 is 0 Å². The van der Waals surface area contributed by atoms with Crippen LogP contribution < -0.4 is 5.32 Å². The molecule has 1 atom stereocenters. The number of aromatic nitrogens is 1. The van der Waals surface area contributed by atoms with Crippen molar-refractivity contribution in [2.45, 2.75) is 39.3 Å². The van der Waals surface area contributed by atoms with E-state index in [1.807, 2.05) is 6.92 Å². The van der Waals surface area contributed by atoms with Crippen LogP contribution in [0.25, 0.3) is 10.9 Å². The molecule has 0 radical (unpaired) electrons. The first-order chi connectivity index (χ1) is 9.11. The first-order valence-electron chi connectivity index (χ1n) is 7.03. The van der Waals surface area contributed by atoms with Crippen LogP contribution in [0.3, 0.4) is 0 Å². The molecule has 2 aromatic rings. The summed E-state index contributed by atoms with van der Waals surface area (Å²) < 4.78 is 2.27. The molecule has 0 amide bonds. The number of aliphatic hydroxyl groups is 1. The maximum atomic E-state index is 9.22. The third-order valence-electron chi connectivity index (χ3n) is 3.78. The van der Waals surface area contributed by atoms with Gasteiger partial charge in [-0.1, -0.05) is 18.2 Å². The molecule has 1 aromatic heterocycles. The second-order valence-corrected chi connectivity index (χ2v) is 5.32. The quantitative estimate of drug-likeness (QED) is 0.784. The van der Waals surface area contributed by atoms with Crippen LogP contribution in [-0.4, -0.2) is 22.3 Å². The van der Waals surface area contributed by atoms with Crippen molar-refractivity contribution in [1.29, 1.82) is 0 Å². The summed E-state index contributed by atoms with van der Waals surface area (Å²) in [5.74, 6) is 0. The van der Waals surface area contributed by atoms with Crippen LogP contribution in [0.2, 0.25) is 0 Å². The minimum Gasteiger partial charge on any atom is -0.393 e. The number of aliphatic hydroxyl groups excluding tert-OH is 1. The zero-order chi connectivity index (χ0) is 13.8. The van der Waals surface area contributed by atoms with E-state index in [0.29, 0.717) is 0 Å². The Balaban J connectivity index is 2.01. The number of rotatable bonds is 6. The standard InChI is InChI=1S/C16H24N2O/c1-12(19)7-6-10-17-11-16-13(2)14-8-4-5-9-15(14)18(16)3/h4-5,8-9,12,17,19H,6-7,10-11H2,1-3H3. The molecule has 2 N–H and O–H groups in total. The average Bonchev–Trinajstić information content (AvgIpc) is 2.63. The highest BCUT2D eigenvalue weighted by Gasteiger charge is 2.10. The number of benzene rings is 1. The summed E-state index contributed by atoms with van der Waals surface area (Å²) in [6.07, 6.45) is 1.68. The molecule has 3 heteroatoms. The molecule has 0 spiro atoms. The summed E-state index contributed by atoms with van der Waals surface area (Å²) in [7, 11) is 2.13. The molecule has 3 nitrogen and oxygen atoms in total. The van der Waals surface area contributed by atoms with Crippen molar-refractivity contribution < 1.29 is 5.11 Å². The molecule has 1 heterocycles. The van der Waals surface area contributed by atoms with Gasteiger partial charge in [0.15, 0.2) is 0 Å². The van der Waals surface area contributed by atoms with Crippen LogP contribution in [0.5, 0.6) is 0 Å². The van der Waals surface area contributed by atoms with E-state index in [9.17, 15) is 5.11 Å². The van der Waals surface area contributed by atoms with Crippen LogP contribution in [0, 0.1) is 6.92 Å². The van der Waals surface area contributed by atoms with Crippen molar-refractivity contribution in [1.82, 2.24) is 9.88 Å². The Morgan fingerprint density at radius 2 is 2.05 bits per heavy atom. The zero-order valence-corrected chi connectivity index (χ0v) is 12.1. The lowest BCUT2D eigenvalue weighted by Crippen LogP contribution is -2.18. The maximum absolute atomic E-state index is 9.22. The number of nitrogens with one attached hydrogen (secondary N) is 1. The van der Waals surface area contributed by atoms with Crippen LogP contribution in [-0.2, 0) is 13.6 Å². The highest BCUT2D eigenvalue weighted by molar-refractivity contribution is 5.85. The number of hydrogen-bond acceptors (Lipinski definition) is 2. The molecule has 19 heavy (non-hydrogen) atoms. The molecule has 0 fully saturated rings. The molecular weight excluding hydrogens is 236 g/mol. The van der Waals surface area contributed by atoms with E-state index in [-0.39, 0.29) is 6.10 Å². The summed E-state index contributed by atoms with van der Waals surface area (Å²) in [4.78, 5) is 0. The smallest absolute Gasteiger partial charge is 0.0512 e. The second-order valence-electron chi connectivity index (χ2n) is 5.32. The van der Waals surface area contributed by atoms with E-state index in [2.05, 4.69) is 48.1 Å². The van der Waals surface area contributed by atoms with Crippen molar-refractivity contribution in [2.24, 2.45) is 7.05 Å². The molecule has 0 aliphatic heterocycles. The Labute approximate surface area is 115 Å². The van der Waals surface area contributed by atoms with Crippen LogP contribution in [0.4, 0.5) is 0 Å². The third kappa shape index (κ3) is 3.17. The van der Waals surface area contributed by atoms with Gasteiger partial charge in [0.25, 0.3) is 0 Å². The number of hydrogen-bond donors (Lipinski definition) is 2. The van der Waals surface area contributed by atoms with Gasteiger partial charge in [-0.15, -0.1) is 0 Å². The van der Waals surface area contributed by atoms with Gasteiger partial charge in [-0.05, 0) is 44.9 Å². The van der Waals surface area contributed by atoms with Gasteiger partial charge in [-0.3, -0.25) is 0 Å². The van der Waals surface area contributed by atoms with Crippen LogP contribution >= 0.6 is 0 Å². The molecule has 0 saturated carbocycles. The summed E-state index contributed by atoms with van der Waals surface area (Å²) in [6, 6.07) is 8.53. The average molecular weight is 260 g/mol. The fourth-order valence-electron chi connectivity index (χ4n) is 2.62. The topological polar surface area (TPSA) is 37.2 Å². The number of aryl methyl sites for hydroxylation is 2. The van der Waals surface area contributed by atoms with Crippen molar-refractivity contribution in [2.75, 3.05) is 6.54 Å². The lowest BCUT2D eigenvalue weighted by Gasteiger charge is -2.08. The minimum atomic E-state index is -0.193. The SMILES string of the molecule is Cc1c(CNCCCC(C)O)n(C)c2ccccc12. The summed E-state index contributed by atoms with van der Waals surface area (Å²) in [6.45, 7) is 5.87. The first-order valence-corrected chi connectivity index (χ1v) is 7.03. The summed E-state index contributed by atoms with van der Waals surface area (Å²) in [5, 5.41) is 14.0. The zero-order valence-electron chi connectivity index (χ0n) is 12.1. The van der Waals surface area contributed by atoms with Gasteiger partial charge in [-0.2, -0.15) is 0 Å². The lowest BCUT2D eigenvalue weighted by atomic mass is 10.1. The van der Waals surface area contributed by atoms with Crippen molar-refractivity contribution in [3.63, 3.8) is 0 Å². The molecule has 0 aliphatic carbocycles. The number of nitrogens with zero attached hydrogens (tertiary/aromatic N) is 1. The fourth-order valence-corrected chi connectivity index (χ4v) is 2.62. The Hall–Kier alpha value is -1.32. The van der Waals surface area contributed by atoms with E-state index in [0.717, 1.165) is 25.9 Å². The van der Waals surface area contributed by atoms with Crippen molar-refractivity contribution in [3.8, 4) is 0 Å².